The Morgan fingerprint density at radius 3 is 2.52 bits per heavy atom. The summed E-state index contributed by atoms with van der Waals surface area (Å²) in [5.41, 5.74) is 1.96. The number of imidazole rings is 1. The molecule has 1 heterocycles. The highest BCUT2D eigenvalue weighted by molar-refractivity contribution is 5.79. The first-order valence-corrected chi connectivity index (χ1v) is 7.97. The molecule has 0 saturated heterocycles. The van der Waals surface area contributed by atoms with E-state index in [1.807, 2.05) is 35.9 Å². The highest BCUT2D eigenvalue weighted by Gasteiger charge is 2.29. The summed E-state index contributed by atoms with van der Waals surface area (Å²) in [6, 6.07) is 7.86. The van der Waals surface area contributed by atoms with Crippen molar-refractivity contribution in [3.8, 4) is 0 Å². The molecule has 1 saturated carbocycles. The third-order valence-corrected chi connectivity index (χ3v) is 4.75. The molecule has 1 aromatic heterocycles. The fraction of sp³-hybridized carbons (Fsp3) is 0.471. The van der Waals surface area contributed by atoms with Gasteiger partial charge in [-0.1, -0.05) is 12.1 Å². The number of aryl methyl sites for hydroxylation is 1. The molecule has 0 spiro atoms. The Morgan fingerprint density at radius 2 is 1.87 bits per heavy atom. The molecule has 2 aromatic rings. The maximum absolute atomic E-state index is 12.3. The van der Waals surface area contributed by atoms with Gasteiger partial charge in [-0.05, 0) is 37.8 Å². The fourth-order valence-electron chi connectivity index (χ4n) is 3.27. The molecule has 122 valence electrons. The lowest BCUT2D eigenvalue weighted by molar-refractivity contribution is -0.144. The van der Waals surface area contributed by atoms with Crippen LogP contribution in [-0.4, -0.2) is 26.5 Å². The molecular formula is C17H21N3O3. The molecule has 0 atom stereocenters. The average Bonchev–Trinajstić information content (AvgIpc) is 2.89. The second kappa shape index (κ2) is 6.40. The van der Waals surface area contributed by atoms with E-state index in [1.165, 1.54) is 0 Å². The normalized spacial score (nSPS) is 21.3. The van der Waals surface area contributed by atoms with Crippen LogP contribution in [0.25, 0.3) is 11.0 Å². The van der Waals surface area contributed by atoms with Crippen molar-refractivity contribution < 1.29 is 14.7 Å². The van der Waals surface area contributed by atoms with E-state index in [9.17, 15) is 9.59 Å². The molecule has 1 aliphatic carbocycles. The number of nitrogens with one attached hydrogen (secondary N) is 1. The number of carboxylic acids is 1. The molecule has 1 amide bonds. The summed E-state index contributed by atoms with van der Waals surface area (Å²) < 4.78 is 1.98. The number of fused-ring (bicyclic) bond motifs is 1. The zero-order valence-electron chi connectivity index (χ0n) is 13.2. The number of carbonyl (C=O) groups excluding carboxylic acids is 1. The molecule has 0 aliphatic heterocycles. The van der Waals surface area contributed by atoms with Gasteiger partial charge in [-0.15, -0.1) is 0 Å². The third kappa shape index (κ3) is 3.21. The Kier molecular flexibility index (Phi) is 4.32. The smallest absolute Gasteiger partial charge is 0.306 e. The second-order valence-electron chi connectivity index (χ2n) is 6.18. The maximum atomic E-state index is 12.3. The van der Waals surface area contributed by atoms with Gasteiger partial charge in [0.05, 0.1) is 23.5 Å². The first-order chi connectivity index (χ1) is 11.1. The number of hydrogen-bond acceptors (Lipinski definition) is 3. The van der Waals surface area contributed by atoms with Crippen molar-refractivity contribution in [2.24, 2.45) is 18.9 Å². The predicted octanol–water partition coefficient (Wildman–Crippen LogP) is 2.08. The number of carbonyl (C=O) groups is 2. The molecule has 2 N–H and O–H groups in total. The average molecular weight is 315 g/mol. The Bertz CT molecular complexity index is 730. The summed E-state index contributed by atoms with van der Waals surface area (Å²) >= 11 is 0. The Labute approximate surface area is 134 Å². The highest BCUT2D eigenvalue weighted by Crippen LogP contribution is 2.29. The van der Waals surface area contributed by atoms with Crippen LogP contribution in [0.1, 0.15) is 31.5 Å². The minimum absolute atomic E-state index is 0.000829. The van der Waals surface area contributed by atoms with Crippen LogP contribution in [0.2, 0.25) is 0 Å². The predicted molar refractivity (Wildman–Crippen MR) is 85.6 cm³/mol. The minimum Gasteiger partial charge on any atom is -0.481 e. The molecule has 1 fully saturated rings. The van der Waals surface area contributed by atoms with Crippen molar-refractivity contribution in [3.05, 3.63) is 30.1 Å². The lowest BCUT2D eigenvalue weighted by Gasteiger charge is -2.25. The van der Waals surface area contributed by atoms with Gasteiger partial charge in [0.15, 0.2) is 0 Å². The third-order valence-electron chi connectivity index (χ3n) is 4.75. The van der Waals surface area contributed by atoms with Crippen molar-refractivity contribution in [2.75, 3.05) is 0 Å². The zero-order valence-corrected chi connectivity index (χ0v) is 13.2. The van der Waals surface area contributed by atoms with Crippen molar-refractivity contribution in [2.45, 2.75) is 32.2 Å². The van der Waals surface area contributed by atoms with Crippen LogP contribution >= 0.6 is 0 Å². The quantitative estimate of drug-likeness (QED) is 0.904. The van der Waals surface area contributed by atoms with Crippen molar-refractivity contribution >= 4 is 22.9 Å². The topological polar surface area (TPSA) is 84.2 Å². The Balaban J connectivity index is 1.58. The number of amides is 1. The Morgan fingerprint density at radius 1 is 1.22 bits per heavy atom. The van der Waals surface area contributed by atoms with E-state index in [-0.39, 0.29) is 17.7 Å². The largest absolute Gasteiger partial charge is 0.481 e. The number of para-hydroxylation sites is 2. The first kappa shape index (κ1) is 15.5. The van der Waals surface area contributed by atoms with Crippen LogP contribution in [0.3, 0.4) is 0 Å². The van der Waals surface area contributed by atoms with E-state index in [1.54, 1.807) is 0 Å². The van der Waals surface area contributed by atoms with Crippen molar-refractivity contribution in [1.29, 1.82) is 0 Å². The highest BCUT2D eigenvalue weighted by atomic mass is 16.4. The Hall–Kier alpha value is -2.37. The molecular weight excluding hydrogens is 294 g/mol. The van der Waals surface area contributed by atoms with E-state index >= 15 is 0 Å². The molecule has 0 unspecified atom stereocenters. The van der Waals surface area contributed by atoms with E-state index < -0.39 is 5.97 Å². The van der Waals surface area contributed by atoms with Gasteiger partial charge in [0.25, 0.3) is 0 Å². The van der Waals surface area contributed by atoms with Gasteiger partial charge in [-0.25, -0.2) is 4.98 Å². The number of nitrogens with zero attached hydrogens (tertiary/aromatic N) is 2. The lowest BCUT2D eigenvalue weighted by atomic mass is 9.81. The number of aromatic nitrogens is 2. The molecule has 23 heavy (non-hydrogen) atoms. The summed E-state index contributed by atoms with van der Waals surface area (Å²) in [6.07, 6.45) is 2.45. The summed E-state index contributed by atoms with van der Waals surface area (Å²) in [5.74, 6) is -0.303. The van der Waals surface area contributed by atoms with Crippen LogP contribution in [0, 0.1) is 11.8 Å². The lowest BCUT2D eigenvalue weighted by Crippen LogP contribution is -2.34. The molecule has 6 nitrogen and oxygen atoms in total. The summed E-state index contributed by atoms with van der Waals surface area (Å²) in [6.45, 7) is 0.392. The van der Waals surface area contributed by atoms with Crippen LogP contribution in [0.15, 0.2) is 24.3 Å². The molecule has 1 aromatic carbocycles. The van der Waals surface area contributed by atoms with Gasteiger partial charge in [-0.2, -0.15) is 0 Å². The van der Waals surface area contributed by atoms with Gasteiger partial charge in [-0.3, -0.25) is 9.59 Å². The second-order valence-corrected chi connectivity index (χ2v) is 6.18. The van der Waals surface area contributed by atoms with E-state index in [4.69, 9.17) is 5.11 Å². The standard InChI is InChI=1S/C17H21N3O3/c1-20-14-5-3-2-4-13(14)19-15(20)10-18-16(21)11-6-8-12(9-7-11)17(22)23/h2-5,11-12H,6-10H2,1H3,(H,18,21)(H,22,23). The van der Waals surface area contributed by atoms with Crippen molar-refractivity contribution in [1.82, 2.24) is 14.9 Å². The van der Waals surface area contributed by atoms with Gasteiger partial charge in [0.2, 0.25) is 5.91 Å². The maximum Gasteiger partial charge on any atom is 0.306 e. The number of carboxylic acid groups (broad SMARTS) is 1. The van der Waals surface area contributed by atoms with E-state index in [2.05, 4.69) is 10.3 Å². The number of hydrogen-bond donors (Lipinski definition) is 2. The first-order valence-electron chi connectivity index (χ1n) is 7.97. The van der Waals surface area contributed by atoms with Crippen LogP contribution in [0.5, 0.6) is 0 Å². The summed E-state index contributed by atoms with van der Waals surface area (Å²) in [5, 5.41) is 11.9. The number of aliphatic carboxylic acids is 1. The van der Waals surface area contributed by atoms with Gasteiger partial charge in [0.1, 0.15) is 5.82 Å². The molecule has 6 heteroatoms. The molecule has 3 rings (SSSR count). The summed E-state index contributed by atoms with van der Waals surface area (Å²) in [4.78, 5) is 27.8. The number of rotatable bonds is 4. The van der Waals surface area contributed by atoms with Crippen molar-refractivity contribution in [3.63, 3.8) is 0 Å². The van der Waals surface area contributed by atoms with E-state index in [0.29, 0.717) is 32.2 Å². The zero-order chi connectivity index (χ0) is 16.4. The van der Waals surface area contributed by atoms with Gasteiger partial charge in [0, 0.05) is 13.0 Å². The van der Waals surface area contributed by atoms with Crippen LogP contribution in [0.4, 0.5) is 0 Å². The SMILES string of the molecule is Cn1c(CNC(=O)C2CCC(C(=O)O)CC2)nc2ccccc21. The summed E-state index contributed by atoms with van der Waals surface area (Å²) in [7, 11) is 1.94. The fourth-order valence-corrected chi connectivity index (χ4v) is 3.27. The molecule has 1 aliphatic rings. The molecule has 0 bridgehead atoms. The minimum atomic E-state index is -0.747. The van der Waals surface area contributed by atoms with Crippen LogP contribution < -0.4 is 5.32 Å². The van der Waals surface area contributed by atoms with E-state index in [0.717, 1.165) is 16.9 Å². The van der Waals surface area contributed by atoms with Gasteiger partial charge < -0.3 is 15.0 Å². The number of benzene rings is 1. The van der Waals surface area contributed by atoms with Crippen LogP contribution in [-0.2, 0) is 23.2 Å². The molecule has 0 radical (unpaired) electrons. The monoisotopic (exact) mass is 315 g/mol. The van der Waals surface area contributed by atoms with Gasteiger partial charge >= 0.3 is 5.97 Å².